The smallest absolute Gasteiger partial charge is 0.394 e. The third kappa shape index (κ3) is 6.08. The summed E-state index contributed by atoms with van der Waals surface area (Å²) in [6.07, 6.45) is 10.6. The molecule has 0 spiro atoms. The van der Waals surface area contributed by atoms with Crippen LogP contribution in [0.5, 0.6) is 0 Å². The lowest BCUT2D eigenvalue weighted by atomic mass is 9.59. The highest BCUT2D eigenvalue weighted by atomic mass is 15.2. The Morgan fingerprint density at radius 1 is 0.636 bits per heavy atom. The van der Waals surface area contributed by atoms with E-state index in [0.717, 1.165) is 34.4 Å². The molecule has 0 atom stereocenters. The molecular formula is C47H44BN7. The SMILES string of the molecule is CC(C)c1cccc(C(C)C)c1-n1ccnc1-c1ncc(Cc2ccc3c(c2)-c2nccn2B(c2c(-c4ccccc4)cccc2-c2ccccc2)N3C)[nH]1. The maximum atomic E-state index is 4.98. The van der Waals surface area contributed by atoms with Gasteiger partial charge in [-0.05, 0) is 75.4 Å². The molecule has 1 N–H and O–H groups in total. The number of benzene rings is 5. The first kappa shape index (κ1) is 34.4. The van der Waals surface area contributed by atoms with E-state index in [9.17, 15) is 0 Å². The minimum absolute atomic E-state index is 0.113. The lowest BCUT2D eigenvalue weighted by Gasteiger charge is -2.37. The number of fused-ring (bicyclic) bond motifs is 3. The van der Waals surface area contributed by atoms with Gasteiger partial charge in [-0.15, -0.1) is 0 Å². The van der Waals surface area contributed by atoms with E-state index in [1.165, 1.54) is 50.1 Å². The van der Waals surface area contributed by atoms with E-state index >= 15 is 0 Å². The summed E-state index contributed by atoms with van der Waals surface area (Å²) < 4.78 is 4.53. The van der Waals surface area contributed by atoms with Crippen LogP contribution in [0.2, 0.25) is 0 Å². The molecule has 5 aromatic carbocycles. The molecule has 8 aromatic rings. The van der Waals surface area contributed by atoms with Crippen LogP contribution in [0.15, 0.2) is 146 Å². The number of imidazole rings is 3. The topological polar surface area (TPSA) is 67.6 Å². The van der Waals surface area contributed by atoms with Crippen molar-refractivity contribution in [3.05, 3.63) is 169 Å². The fourth-order valence-corrected chi connectivity index (χ4v) is 8.36. The first-order valence-electron chi connectivity index (χ1n) is 19.2. The highest BCUT2D eigenvalue weighted by Gasteiger charge is 2.38. The molecule has 0 amide bonds. The van der Waals surface area contributed by atoms with Crippen molar-refractivity contribution in [2.75, 3.05) is 11.9 Å². The number of hydrogen-bond acceptors (Lipinski definition) is 4. The van der Waals surface area contributed by atoms with E-state index in [1.807, 2.05) is 18.6 Å². The summed E-state index contributed by atoms with van der Waals surface area (Å²) >= 11 is 0. The molecule has 9 rings (SSSR count). The van der Waals surface area contributed by atoms with Crippen molar-refractivity contribution in [1.29, 1.82) is 0 Å². The minimum atomic E-state index is -0.113. The molecule has 8 heteroatoms. The van der Waals surface area contributed by atoms with Gasteiger partial charge in [0.15, 0.2) is 11.6 Å². The van der Waals surface area contributed by atoms with E-state index < -0.39 is 0 Å². The maximum Gasteiger partial charge on any atom is 0.417 e. The van der Waals surface area contributed by atoms with Crippen molar-refractivity contribution in [2.24, 2.45) is 0 Å². The summed E-state index contributed by atoms with van der Waals surface area (Å²) in [5.74, 6) is 3.27. The number of anilines is 1. The maximum absolute atomic E-state index is 4.98. The lowest BCUT2D eigenvalue weighted by molar-refractivity contribution is 0.805. The van der Waals surface area contributed by atoms with Gasteiger partial charge in [0.1, 0.15) is 5.82 Å². The normalized spacial score (nSPS) is 12.4. The molecule has 0 bridgehead atoms. The molecular weight excluding hydrogens is 673 g/mol. The zero-order valence-electron chi connectivity index (χ0n) is 32.0. The molecule has 3 aromatic heterocycles. The van der Waals surface area contributed by atoms with Crippen LogP contribution < -0.4 is 10.3 Å². The Labute approximate surface area is 323 Å². The van der Waals surface area contributed by atoms with Gasteiger partial charge in [0.2, 0.25) is 0 Å². The van der Waals surface area contributed by atoms with Gasteiger partial charge in [0.05, 0.1) is 5.69 Å². The average Bonchev–Trinajstić information content (AvgIpc) is 4.00. The Morgan fingerprint density at radius 3 is 1.91 bits per heavy atom. The fourth-order valence-electron chi connectivity index (χ4n) is 8.36. The molecule has 0 aliphatic carbocycles. The lowest BCUT2D eigenvalue weighted by Crippen LogP contribution is -2.55. The zero-order valence-corrected chi connectivity index (χ0v) is 32.0. The first-order chi connectivity index (χ1) is 26.9. The minimum Gasteiger partial charge on any atom is -0.394 e. The van der Waals surface area contributed by atoms with Crippen LogP contribution in [0.1, 0.15) is 61.9 Å². The molecule has 0 unspecified atom stereocenters. The number of rotatable bonds is 9. The number of aromatic amines is 1. The highest BCUT2D eigenvalue weighted by Crippen LogP contribution is 2.38. The Bertz CT molecular complexity index is 2530. The van der Waals surface area contributed by atoms with Crippen molar-refractivity contribution in [1.82, 2.24) is 29.0 Å². The Kier molecular flexibility index (Phi) is 8.81. The molecule has 0 saturated carbocycles. The van der Waals surface area contributed by atoms with Crippen LogP contribution in [0.4, 0.5) is 5.69 Å². The Hall–Kier alpha value is -6.41. The third-order valence-corrected chi connectivity index (χ3v) is 11.0. The third-order valence-electron chi connectivity index (χ3n) is 11.0. The van der Waals surface area contributed by atoms with Gasteiger partial charge < -0.3 is 14.3 Å². The Balaban J connectivity index is 1.07. The van der Waals surface area contributed by atoms with Gasteiger partial charge in [-0.2, -0.15) is 0 Å². The molecule has 0 radical (unpaired) electrons. The number of nitrogens with one attached hydrogen (secondary N) is 1. The summed E-state index contributed by atoms with van der Waals surface area (Å²) in [5, 5.41) is 0. The van der Waals surface area contributed by atoms with Crippen molar-refractivity contribution < 1.29 is 0 Å². The molecule has 4 heterocycles. The van der Waals surface area contributed by atoms with Gasteiger partial charge in [-0.25, -0.2) is 15.0 Å². The number of H-pyrrole nitrogens is 1. The fraction of sp³-hybridized carbons (Fsp3) is 0.170. The predicted molar refractivity (Wildman–Crippen MR) is 226 cm³/mol. The molecule has 0 fully saturated rings. The average molecular weight is 718 g/mol. The van der Waals surface area contributed by atoms with Crippen LogP contribution in [-0.2, 0) is 6.42 Å². The molecule has 55 heavy (non-hydrogen) atoms. The van der Waals surface area contributed by atoms with E-state index in [0.29, 0.717) is 18.3 Å². The molecule has 1 aliphatic heterocycles. The number of para-hydroxylation sites is 1. The summed E-state index contributed by atoms with van der Waals surface area (Å²) in [6, 6.07) is 41.5. The summed E-state index contributed by atoms with van der Waals surface area (Å²) in [4.78, 5) is 20.7. The number of aromatic nitrogens is 6. The van der Waals surface area contributed by atoms with E-state index in [-0.39, 0.29) is 6.98 Å². The second kappa shape index (κ2) is 14.1. The van der Waals surface area contributed by atoms with E-state index in [4.69, 9.17) is 15.0 Å². The number of nitrogens with zero attached hydrogens (tertiary/aromatic N) is 6. The van der Waals surface area contributed by atoms with Crippen LogP contribution >= 0.6 is 0 Å². The van der Waals surface area contributed by atoms with E-state index in [1.54, 1.807) is 0 Å². The molecule has 7 nitrogen and oxygen atoms in total. The van der Waals surface area contributed by atoms with Crippen molar-refractivity contribution in [2.45, 2.75) is 46.0 Å². The summed E-state index contributed by atoms with van der Waals surface area (Å²) in [5.41, 5.74) is 14.3. The second-order valence-electron chi connectivity index (χ2n) is 15.1. The molecule has 1 aliphatic rings. The predicted octanol–water partition coefficient (Wildman–Crippen LogP) is 9.99. The molecule has 270 valence electrons. The van der Waals surface area contributed by atoms with Crippen LogP contribution in [0.25, 0.3) is 51.0 Å². The van der Waals surface area contributed by atoms with Crippen LogP contribution in [0, 0.1) is 0 Å². The van der Waals surface area contributed by atoms with Gasteiger partial charge in [-0.3, -0.25) is 4.57 Å². The van der Waals surface area contributed by atoms with Gasteiger partial charge in [0.25, 0.3) is 0 Å². The molecule has 0 saturated heterocycles. The van der Waals surface area contributed by atoms with Gasteiger partial charge in [0, 0.05) is 54.3 Å². The summed E-state index contributed by atoms with van der Waals surface area (Å²) in [6.45, 7) is 8.88. The van der Waals surface area contributed by atoms with Crippen molar-refractivity contribution in [3.8, 4) is 51.0 Å². The summed E-state index contributed by atoms with van der Waals surface area (Å²) in [7, 11) is 2.20. The monoisotopic (exact) mass is 717 g/mol. The highest BCUT2D eigenvalue weighted by molar-refractivity contribution is 6.78. The van der Waals surface area contributed by atoms with Crippen molar-refractivity contribution >= 4 is 18.1 Å². The van der Waals surface area contributed by atoms with Gasteiger partial charge >= 0.3 is 6.98 Å². The second-order valence-corrected chi connectivity index (χ2v) is 15.1. The van der Waals surface area contributed by atoms with Crippen LogP contribution in [0.3, 0.4) is 0 Å². The largest absolute Gasteiger partial charge is 0.417 e. The van der Waals surface area contributed by atoms with Crippen molar-refractivity contribution in [3.63, 3.8) is 0 Å². The van der Waals surface area contributed by atoms with Crippen LogP contribution in [-0.4, -0.2) is 43.0 Å². The first-order valence-corrected chi connectivity index (χ1v) is 19.2. The zero-order chi connectivity index (χ0) is 37.6. The van der Waals surface area contributed by atoms with E-state index in [2.05, 4.69) is 181 Å². The quantitative estimate of drug-likeness (QED) is 0.151. The standard InChI is InChI=1S/C47H44BN7/c1-31(2)37-18-12-19-38(32(3)4)44(37)54-26-24-50-47(54)45-51-30-36(52-45)28-33-22-23-42-41(29-33)46-49-25-27-55(46)48(53(42)5)43-39(34-14-8-6-9-15-34)20-13-21-40(43)35-16-10-7-11-17-35/h6-27,29-32H,28H2,1-5H3,(H,51,52). The number of hydrogen-bond donors (Lipinski definition) is 1. The Morgan fingerprint density at radius 2 is 1.25 bits per heavy atom. The van der Waals surface area contributed by atoms with Gasteiger partial charge in [-0.1, -0.05) is 131 Å².